The van der Waals surface area contributed by atoms with Gasteiger partial charge in [-0.05, 0) is 66.2 Å². The van der Waals surface area contributed by atoms with E-state index in [2.05, 4.69) is 20.8 Å². The number of piperidine rings is 1. The van der Waals surface area contributed by atoms with E-state index in [0.717, 1.165) is 24.3 Å². The van der Waals surface area contributed by atoms with Crippen molar-refractivity contribution in [2.24, 2.45) is 10.4 Å². The second kappa shape index (κ2) is 9.75. The molecule has 3 N–H and O–H groups in total. The number of hydrogen-bond donors (Lipinski definition) is 3. The number of fused-ring (bicyclic) bond motifs is 3. The molecule has 3 atom stereocenters. The molecule has 210 valence electrons. The van der Waals surface area contributed by atoms with Crippen LogP contribution >= 0.6 is 0 Å². The summed E-state index contributed by atoms with van der Waals surface area (Å²) in [7, 11) is 0. The number of urea groups is 1. The van der Waals surface area contributed by atoms with Gasteiger partial charge in [0.1, 0.15) is 22.7 Å². The van der Waals surface area contributed by atoms with E-state index < -0.39 is 29.4 Å². The number of carbonyl (C=O) groups excluding carboxylic acids is 3. The number of nitrogens with one attached hydrogen (secondary N) is 2. The van der Waals surface area contributed by atoms with E-state index in [1.165, 1.54) is 0 Å². The van der Waals surface area contributed by atoms with Gasteiger partial charge in [-0.2, -0.15) is 0 Å². The van der Waals surface area contributed by atoms with Crippen molar-refractivity contribution in [1.29, 1.82) is 0 Å². The van der Waals surface area contributed by atoms with Crippen molar-refractivity contribution < 1.29 is 33.6 Å². The molecule has 0 radical (unpaired) electrons. The van der Waals surface area contributed by atoms with Gasteiger partial charge < -0.3 is 18.9 Å². The molecule has 2 bridgehead atoms. The van der Waals surface area contributed by atoms with Crippen molar-refractivity contribution in [2.75, 3.05) is 13.1 Å². The SMILES string of the molecule is C[C@H](CN=C(NC(=O)OC(C)(C)C)NC(=O)OC(C)(C)C)c1cc([C@@H]2CC3(CC3)[C@@H]3CN2C(=O)N3O)no1. The van der Waals surface area contributed by atoms with Crippen LogP contribution in [0.25, 0.3) is 0 Å². The van der Waals surface area contributed by atoms with E-state index in [4.69, 9.17) is 14.0 Å². The number of carbonyl (C=O) groups is 3. The minimum atomic E-state index is -0.778. The highest BCUT2D eigenvalue weighted by Crippen LogP contribution is 2.61. The number of alkyl carbamates (subject to hydrolysis) is 2. The van der Waals surface area contributed by atoms with E-state index in [9.17, 15) is 19.6 Å². The fourth-order valence-electron chi connectivity index (χ4n) is 4.84. The van der Waals surface area contributed by atoms with Gasteiger partial charge in [0.15, 0.2) is 0 Å². The molecule has 0 aromatic carbocycles. The van der Waals surface area contributed by atoms with E-state index in [0.29, 0.717) is 18.0 Å². The van der Waals surface area contributed by atoms with Crippen molar-refractivity contribution in [1.82, 2.24) is 25.8 Å². The molecular formula is C25H38N6O7. The highest BCUT2D eigenvalue weighted by atomic mass is 16.6. The zero-order valence-corrected chi connectivity index (χ0v) is 23.0. The first-order chi connectivity index (χ1) is 17.6. The van der Waals surface area contributed by atoms with Crippen molar-refractivity contribution in [3.8, 4) is 0 Å². The number of hydrogen-bond acceptors (Lipinski definition) is 9. The highest BCUT2D eigenvalue weighted by molar-refractivity contribution is 6.01. The fourth-order valence-corrected chi connectivity index (χ4v) is 4.84. The van der Waals surface area contributed by atoms with Gasteiger partial charge in [0, 0.05) is 18.5 Å². The number of hydroxylamine groups is 2. The van der Waals surface area contributed by atoms with Gasteiger partial charge in [-0.1, -0.05) is 12.1 Å². The van der Waals surface area contributed by atoms with Crippen LogP contribution in [0.3, 0.4) is 0 Å². The lowest BCUT2D eigenvalue weighted by Gasteiger charge is -2.35. The summed E-state index contributed by atoms with van der Waals surface area (Å²) in [6, 6.07) is 0.956. The molecule has 2 saturated heterocycles. The van der Waals surface area contributed by atoms with Crippen LogP contribution in [0.4, 0.5) is 14.4 Å². The summed E-state index contributed by atoms with van der Waals surface area (Å²) < 4.78 is 16.1. The third kappa shape index (κ3) is 6.20. The van der Waals surface area contributed by atoms with Gasteiger partial charge in [0.05, 0.1) is 18.6 Å². The van der Waals surface area contributed by atoms with E-state index >= 15 is 0 Å². The van der Waals surface area contributed by atoms with Crippen LogP contribution < -0.4 is 10.6 Å². The average Bonchev–Trinajstić information content (AvgIpc) is 3.25. The van der Waals surface area contributed by atoms with Gasteiger partial charge >= 0.3 is 18.2 Å². The van der Waals surface area contributed by atoms with E-state index in [-0.39, 0.29) is 35.9 Å². The van der Waals surface area contributed by atoms with Crippen LogP contribution in [0.2, 0.25) is 0 Å². The Labute approximate surface area is 221 Å². The molecule has 3 heterocycles. The smallest absolute Gasteiger partial charge is 0.414 e. The Balaban J connectivity index is 1.45. The predicted molar refractivity (Wildman–Crippen MR) is 134 cm³/mol. The molecule has 4 rings (SSSR count). The zero-order chi connectivity index (χ0) is 28.0. The number of rotatable bonds is 4. The number of guanidine groups is 1. The van der Waals surface area contributed by atoms with Gasteiger partial charge in [-0.25, -0.2) is 19.4 Å². The van der Waals surface area contributed by atoms with Crippen LogP contribution in [0.15, 0.2) is 15.6 Å². The summed E-state index contributed by atoms with van der Waals surface area (Å²) in [5.74, 6) is 0.138. The molecule has 38 heavy (non-hydrogen) atoms. The third-order valence-corrected chi connectivity index (χ3v) is 6.82. The Bertz CT molecular complexity index is 1080. The molecule has 1 spiro atoms. The maximum absolute atomic E-state index is 12.6. The van der Waals surface area contributed by atoms with Crippen LogP contribution in [-0.2, 0) is 9.47 Å². The van der Waals surface area contributed by atoms with E-state index in [1.807, 2.05) is 6.92 Å². The molecule has 4 amide bonds. The fraction of sp³-hybridized carbons (Fsp3) is 0.720. The summed E-state index contributed by atoms with van der Waals surface area (Å²) in [5, 5.41) is 20.3. The van der Waals surface area contributed by atoms with Crippen LogP contribution in [-0.4, -0.2) is 74.8 Å². The minimum Gasteiger partial charge on any atom is -0.444 e. The summed E-state index contributed by atoms with van der Waals surface area (Å²) >= 11 is 0. The lowest BCUT2D eigenvalue weighted by atomic mass is 9.84. The molecule has 1 saturated carbocycles. The number of aromatic nitrogens is 1. The topological polar surface area (TPSA) is 159 Å². The molecule has 3 aliphatic rings. The van der Waals surface area contributed by atoms with Crippen molar-refractivity contribution in [2.45, 2.75) is 96.9 Å². The molecule has 1 aliphatic carbocycles. The molecule has 2 aliphatic heterocycles. The second-order valence-corrected chi connectivity index (χ2v) is 12.4. The quantitative estimate of drug-likeness (QED) is 0.298. The van der Waals surface area contributed by atoms with Gasteiger partial charge in [0.2, 0.25) is 5.96 Å². The Hall–Kier alpha value is -3.35. The standard InChI is InChI=1S/C25H38N6O7/c1-14(12-26-19(27-20(32)36-23(2,3)4)28-21(33)37-24(5,6)7)17-10-15(29-38-17)16-11-25(8-9-25)18-13-30(16)22(34)31(18)35/h10,14,16,18,35H,8-9,11-13H2,1-7H3,(H2,26,27,28,32,33)/t14-,16+,18+/m1/s1. The monoisotopic (exact) mass is 534 g/mol. The molecule has 0 unspecified atom stereocenters. The lowest BCUT2D eigenvalue weighted by molar-refractivity contribution is -0.0782. The van der Waals surface area contributed by atoms with Crippen molar-refractivity contribution in [3.05, 3.63) is 17.5 Å². The summed E-state index contributed by atoms with van der Waals surface area (Å²) in [6.45, 7) is 12.8. The van der Waals surface area contributed by atoms with Crippen molar-refractivity contribution in [3.63, 3.8) is 0 Å². The Morgan fingerprint density at radius 2 is 1.76 bits per heavy atom. The van der Waals surface area contributed by atoms with Gasteiger partial charge in [-0.3, -0.25) is 20.8 Å². The number of nitrogens with zero attached hydrogens (tertiary/aromatic N) is 4. The maximum Gasteiger partial charge on any atom is 0.414 e. The first-order valence-electron chi connectivity index (χ1n) is 12.9. The summed E-state index contributed by atoms with van der Waals surface area (Å²) in [4.78, 5) is 43.2. The van der Waals surface area contributed by atoms with Crippen LogP contribution in [0.5, 0.6) is 0 Å². The van der Waals surface area contributed by atoms with Gasteiger partial charge in [0.25, 0.3) is 0 Å². The average molecular weight is 535 g/mol. The Morgan fingerprint density at radius 1 is 1.18 bits per heavy atom. The third-order valence-electron chi connectivity index (χ3n) is 6.82. The number of aliphatic imine (C=N–C) groups is 1. The normalized spacial score (nSPS) is 22.7. The van der Waals surface area contributed by atoms with Crippen molar-refractivity contribution >= 4 is 24.2 Å². The second-order valence-electron chi connectivity index (χ2n) is 12.4. The molecule has 1 aromatic rings. The predicted octanol–water partition coefficient (Wildman–Crippen LogP) is 3.90. The van der Waals surface area contributed by atoms with Gasteiger partial charge in [-0.15, -0.1) is 0 Å². The largest absolute Gasteiger partial charge is 0.444 e. The Morgan fingerprint density at radius 3 is 2.29 bits per heavy atom. The molecule has 13 heteroatoms. The molecule has 1 aromatic heterocycles. The minimum absolute atomic E-state index is 0.0628. The highest BCUT2D eigenvalue weighted by Gasteiger charge is 2.63. The summed E-state index contributed by atoms with van der Waals surface area (Å²) in [5.41, 5.74) is -0.922. The lowest BCUT2D eigenvalue weighted by Crippen LogP contribution is -2.47. The summed E-state index contributed by atoms with van der Waals surface area (Å²) in [6.07, 6.45) is 1.11. The number of amides is 4. The first kappa shape index (κ1) is 27.7. The number of ether oxygens (including phenoxy) is 2. The first-order valence-corrected chi connectivity index (χ1v) is 12.9. The van der Waals surface area contributed by atoms with E-state index in [1.54, 1.807) is 52.5 Å². The Kier molecular flexibility index (Phi) is 7.10. The molecule has 13 nitrogen and oxygen atoms in total. The zero-order valence-electron chi connectivity index (χ0n) is 23.0. The molecular weight excluding hydrogens is 496 g/mol. The van der Waals surface area contributed by atoms with Crippen LogP contribution in [0, 0.1) is 5.41 Å². The maximum atomic E-state index is 12.6. The molecule has 3 fully saturated rings. The van der Waals surface area contributed by atoms with Crippen LogP contribution in [0.1, 0.15) is 91.1 Å².